The number of rotatable bonds is 11. The van der Waals surface area contributed by atoms with Gasteiger partial charge in [0.2, 0.25) is 10.0 Å². The van der Waals surface area contributed by atoms with Crippen LogP contribution in [-0.2, 0) is 23.1 Å². The molecule has 2 aromatic carbocycles. The summed E-state index contributed by atoms with van der Waals surface area (Å²) in [5.74, 6) is 1.76. The highest BCUT2D eigenvalue weighted by Gasteiger charge is 2.40. The van der Waals surface area contributed by atoms with Crippen molar-refractivity contribution in [1.82, 2.24) is 33.7 Å². The highest BCUT2D eigenvalue weighted by atomic mass is 32.2. The van der Waals surface area contributed by atoms with Crippen LogP contribution in [0.1, 0.15) is 29.7 Å². The van der Waals surface area contributed by atoms with E-state index in [1.165, 1.54) is 4.31 Å². The molecule has 0 radical (unpaired) electrons. The number of benzene rings is 2. The van der Waals surface area contributed by atoms with E-state index in [1.807, 2.05) is 60.4 Å². The van der Waals surface area contributed by atoms with E-state index in [1.54, 1.807) is 50.4 Å². The van der Waals surface area contributed by atoms with Gasteiger partial charge in [-0.25, -0.2) is 22.6 Å². The van der Waals surface area contributed by atoms with E-state index in [0.717, 1.165) is 33.3 Å². The first-order valence-corrected chi connectivity index (χ1v) is 16.3. The van der Waals surface area contributed by atoms with Crippen molar-refractivity contribution in [1.29, 1.82) is 0 Å². The van der Waals surface area contributed by atoms with Crippen LogP contribution in [-0.4, -0.2) is 68.7 Å². The minimum Gasteiger partial charge on any atom is -0.497 e. The number of hydrogen-bond donors (Lipinski definition) is 0. The Hall–Kier alpha value is -5.01. The summed E-state index contributed by atoms with van der Waals surface area (Å²) >= 11 is 0. The Labute approximate surface area is 266 Å². The quantitative estimate of drug-likeness (QED) is 0.193. The fourth-order valence-corrected chi connectivity index (χ4v) is 7.48. The number of nitrogens with zero attached hydrogens (tertiary/aromatic N) is 7. The SMILES string of the molecule is COc1ccc(CN(Cc2ccc(-n3nc(C)c4cnc(-c5cnn6cccnc56)cc43)c(OC)c2)S(=O)(=O)C2CC2)c(OC)c1. The van der Waals surface area contributed by atoms with E-state index < -0.39 is 10.0 Å². The van der Waals surface area contributed by atoms with Crippen LogP contribution in [0.3, 0.4) is 0 Å². The second kappa shape index (κ2) is 11.7. The highest BCUT2D eigenvalue weighted by Crippen LogP contribution is 2.36. The molecule has 0 N–H and O–H groups in total. The third-order valence-corrected chi connectivity index (χ3v) is 10.6. The van der Waals surface area contributed by atoms with Crippen molar-refractivity contribution >= 4 is 26.6 Å². The van der Waals surface area contributed by atoms with Gasteiger partial charge < -0.3 is 14.2 Å². The maximum Gasteiger partial charge on any atom is 0.217 e. The first kappa shape index (κ1) is 29.7. The predicted octanol–water partition coefficient (Wildman–Crippen LogP) is 4.96. The van der Waals surface area contributed by atoms with Crippen LogP contribution in [0.15, 0.2) is 73.3 Å². The van der Waals surface area contributed by atoms with Crippen molar-refractivity contribution in [2.75, 3.05) is 21.3 Å². The molecule has 0 unspecified atom stereocenters. The Morgan fingerprint density at radius 3 is 2.52 bits per heavy atom. The molecule has 13 heteroatoms. The molecule has 0 spiro atoms. The molecular weight excluding hydrogens is 606 g/mol. The number of aryl methyl sites for hydroxylation is 1. The first-order chi connectivity index (χ1) is 22.3. The van der Waals surface area contributed by atoms with Crippen molar-refractivity contribution < 1.29 is 22.6 Å². The second-order valence-electron chi connectivity index (χ2n) is 11.2. The molecule has 4 heterocycles. The van der Waals surface area contributed by atoms with Crippen LogP contribution in [0.5, 0.6) is 17.2 Å². The van der Waals surface area contributed by atoms with Crippen molar-refractivity contribution in [3.63, 3.8) is 0 Å². The number of ether oxygens (including phenoxy) is 3. The summed E-state index contributed by atoms with van der Waals surface area (Å²) in [6.07, 6.45) is 8.46. The van der Waals surface area contributed by atoms with Crippen LogP contribution in [0.25, 0.3) is 33.5 Å². The van der Waals surface area contributed by atoms with Crippen LogP contribution < -0.4 is 14.2 Å². The van der Waals surface area contributed by atoms with Crippen molar-refractivity contribution in [2.45, 2.75) is 38.1 Å². The van der Waals surface area contributed by atoms with Gasteiger partial charge in [-0.15, -0.1) is 0 Å². The minimum absolute atomic E-state index is 0.160. The van der Waals surface area contributed by atoms with E-state index in [4.69, 9.17) is 24.3 Å². The maximum atomic E-state index is 13.6. The van der Waals surface area contributed by atoms with E-state index in [0.29, 0.717) is 47.1 Å². The largest absolute Gasteiger partial charge is 0.497 e. The fraction of sp³-hybridized carbons (Fsp3) is 0.273. The van der Waals surface area contributed by atoms with Gasteiger partial charge in [0.15, 0.2) is 5.65 Å². The third-order valence-electron chi connectivity index (χ3n) is 8.28. The molecule has 1 aliphatic carbocycles. The van der Waals surface area contributed by atoms with Crippen LogP contribution in [0, 0.1) is 6.92 Å². The lowest BCUT2D eigenvalue weighted by Crippen LogP contribution is -2.33. The van der Waals surface area contributed by atoms with E-state index in [-0.39, 0.29) is 18.3 Å². The second-order valence-corrected chi connectivity index (χ2v) is 13.4. The molecule has 0 bridgehead atoms. The summed E-state index contributed by atoms with van der Waals surface area (Å²) < 4.78 is 49.1. The fourth-order valence-electron chi connectivity index (χ4n) is 5.68. The Bertz CT molecular complexity index is 2190. The number of methoxy groups -OCH3 is 3. The summed E-state index contributed by atoms with van der Waals surface area (Å²) in [6, 6.07) is 14.9. The summed E-state index contributed by atoms with van der Waals surface area (Å²) in [4.78, 5) is 9.18. The predicted molar refractivity (Wildman–Crippen MR) is 173 cm³/mol. The lowest BCUT2D eigenvalue weighted by Gasteiger charge is -2.24. The lowest BCUT2D eigenvalue weighted by atomic mass is 10.1. The monoisotopic (exact) mass is 639 g/mol. The zero-order valence-electron chi connectivity index (χ0n) is 25.9. The standard InChI is InChI=1S/C33H33N7O5S/c1-21-26-17-35-28(27-18-36-39-13-5-12-34-33(27)39)16-30(26)40(37-21)29-11-6-22(14-32(29)45-4)19-38(46(41,42)25-9-10-25)20-23-7-8-24(43-2)15-31(23)44-3/h5-8,11-18,25H,9-10,19-20H2,1-4H3. The van der Waals surface area contributed by atoms with E-state index in [2.05, 4.69) is 10.1 Å². The highest BCUT2D eigenvalue weighted by molar-refractivity contribution is 7.90. The summed E-state index contributed by atoms with van der Waals surface area (Å²) in [6.45, 7) is 2.26. The maximum absolute atomic E-state index is 13.6. The summed E-state index contributed by atoms with van der Waals surface area (Å²) in [5.41, 5.74) is 6.13. The van der Waals surface area contributed by atoms with Gasteiger partial charge in [-0.3, -0.25) is 4.98 Å². The number of pyridine rings is 1. The van der Waals surface area contributed by atoms with Gasteiger partial charge in [-0.1, -0.05) is 12.1 Å². The van der Waals surface area contributed by atoms with Gasteiger partial charge in [0.1, 0.15) is 22.9 Å². The Kier molecular flexibility index (Phi) is 7.57. The van der Waals surface area contributed by atoms with Gasteiger partial charge in [0, 0.05) is 48.7 Å². The minimum atomic E-state index is -3.55. The molecule has 7 rings (SSSR count). The summed E-state index contributed by atoms with van der Waals surface area (Å²) in [5, 5.41) is 9.77. The smallest absolute Gasteiger partial charge is 0.217 e. The number of fused-ring (bicyclic) bond motifs is 2. The van der Waals surface area contributed by atoms with Gasteiger partial charge in [0.25, 0.3) is 0 Å². The molecular formula is C33H33N7O5S. The average Bonchev–Trinajstić information content (AvgIpc) is 3.79. The zero-order valence-corrected chi connectivity index (χ0v) is 26.7. The number of hydrogen-bond acceptors (Lipinski definition) is 9. The van der Waals surface area contributed by atoms with Crippen molar-refractivity contribution in [3.8, 4) is 34.2 Å². The molecule has 0 atom stereocenters. The molecule has 4 aromatic heterocycles. The van der Waals surface area contributed by atoms with Crippen LogP contribution >= 0.6 is 0 Å². The molecule has 12 nitrogen and oxygen atoms in total. The van der Waals surface area contributed by atoms with Crippen LogP contribution in [0.4, 0.5) is 0 Å². The molecule has 1 saturated carbocycles. The molecule has 0 saturated heterocycles. The first-order valence-electron chi connectivity index (χ1n) is 14.8. The number of sulfonamides is 1. The van der Waals surface area contributed by atoms with Gasteiger partial charge in [0.05, 0.1) is 55.2 Å². The molecule has 1 aliphatic rings. The van der Waals surface area contributed by atoms with Gasteiger partial charge in [-0.2, -0.15) is 14.5 Å². The van der Waals surface area contributed by atoms with Crippen molar-refractivity contribution in [2.24, 2.45) is 0 Å². The van der Waals surface area contributed by atoms with E-state index in [9.17, 15) is 8.42 Å². The molecule has 46 heavy (non-hydrogen) atoms. The Balaban J connectivity index is 1.25. The molecule has 6 aromatic rings. The Morgan fingerprint density at radius 2 is 1.76 bits per heavy atom. The molecule has 236 valence electrons. The lowest BCUT2D eigenvalue weighted by molar-refractivity contribution is 0.368. The average molecular weight is 640 g/mol. The summed E-state index contributed by atoms with van der Waals surface area (Å²) in [7, 11) is 1.20. The van der Waals surface area contributed by atoms with Crippen LogP contribution in [0.2, 0.25) is 0 Å². The molecule has 0 aliphatic heterocycles. The number of aromatic nitrogens is 6. The molecule has 1 fully saturated rings. The zero-order chi connectivity index (χ0) is 32.0. The van der Waals surface area contributed by atoms with E-state index >= 15 is 0 Å². The van der Waals surface area contributed by atoms with Gasteiger partial charge in [-0.05, 0) is 55.7 Å². The third kappa shape index (κ3) is 5.31. The Morgan fingerprint density at radius 1 is 0.935 bits per heavy atom. The normalized spacial score (nSPS) is 13.5. The molecule has 0 amide bonds. The van der Waals surface area contributed by atoms with Gasteiger partial charge >= 0.3 is 0 Å². The van der Waals surface area contributed by atoms with Crippen molar-refractivity contribution in [3.05, 3.63) is 90.1 Å². The topological polar surface area (TPSA) is 126 Å².